The van der Waals surface area contributed by atoms with Crippen LogP contribution in [0.15, 0.2) is 24.3 Å². The molecule has 1 amide bonds. The van der Waals surface area contributed by atoms with E-state index in [9.17, 15) is 4.79 Å². The quantitative estimate of drug-likeness (QED) is 0.812. The van der Waals surface area contributed by atoms with Gasteiger partial charge in [0.2, 0.25) is 0 Å². The third-order valence-corrected chi connectivity index (χ3v) is 3.24. The summed E-state index contributed by atoms with van der Waals surface area (Å²) in [5.74, 6) is 0.482. The topological polar surface area (TPSA) is 53.3 Å². The lowest BCUT2D eigenvalue weighted by molar-refractivity contribution is 0.0775. The van der Waals surface area contributed by atoms with Crippen LogP contribution in [0.5, 0.6) is 0 Å². The van der Waals surface area contributed by atoms with Crippen LogP contribution < -0.4 is 0 Å². The Labute approximate surface area is 107 Å². The van der Waals surface area contributed by atoms with Gasteiger partial charge in [0.15, 0.2) is 0 Å². The first-order chi connectivity index (χ1) is 8.74. The number of likely N-dealkylation sites (tertiary alicyclic amines) is 1. The molecule has 94 valence electrons. The molecule has 0 aromatic heterocycles. The summed E-state index contributed by atoms with van der Waals surface area (Å²) in [6, 6.07) is 8.82. The number of amides is 1. The SMILES string of the molecule is COCC1CCN(C(=O)c2ccc(C#N)cc2)C1. The molecule has 0 radical (unpaired) electrons. The van der Waals surface area contributed by atoms with Crippen molar-refractivity contribution in [2.45, 2.75) is 6.42 Å². The summed E-state index contributed by atoms with van der Waals surface area (Å²) in [6.07, 6.45) is 0.996. The molecule has 1 unspecified atom stereocenters. The third-order valence-electron chi connectivity index (χ3n) is 3.24. The Morgan fingerprint density at radius 1 is 1.50 bits per heavy atom. The summed E-state index contributed by atoms with van der Waals surface area (Å²) in [5.41, 5.74) is 1.22. The van der Waals surface area contributed by atoms with Crippen molar-refractivity contribution >= 4 is 5.91 Å². The van der Waals surface area contributed by atoms with Crippen molar-refractivity contribution in [1.82, 2.24) is 4.90 Å². The number of rotatable bonds is 3. The number of carbonyl (C=O) groups is 1. The lowest BCUT2D eigenvalue weighted by Gasteiger charge is -2.16. The Balaban J connectivity index is 2.01. The predicted molar refractivity (Wildman–Crippen MR) is 67.0 cm³/mol. The molecule has 18 heavy (non-hydrogen) atoms. The monoisotopic (exact) mass is 244 g/mol. The fourth-order valence-corrected chi connectivity index (χ4v) is 2.26. The fourth-order valence-electron chi connectivity index (χ4n) is 2.26. The van der Waals surface area contributed by atoms with Gasteiger partial charge in [-0.3, -0.25) is 4.79 Å². The van der Waals surface area contributed by atoms with E-state index in [1.807, 2.05) is 11.0 Å². The first kappa shape index (κ1) is 12.6. The van der Waals surface area contributed by atoms with E-state index >= 15 is 0 Å². The smallest absolute Gasteiger partial charge is 0.253 e. The van der Waals surface area contributed by atoms with Gasteiger partial charge in [0.05, 0.1) is 18.2 Å². The number of nitrogens with zero attached hydrogens (tertiary/aromatic N) is 2. The molecule has 1 fully saturated rings. The third kappa shape index (κ3) is 2.69. The minimum Gasteiger partial charge on any atom is -0.384 e. The molecule has 1 heterocycles. The first-order valence-corrected chi connectivity index (χ1v) is 6.03. The number of hydrogen-bond donors (Lipinski definition) is 0. The zero-order chi connectivity index (χ0) is 13.0. The van der Waals surface area contributed by atoms with Crippen LogP contribution in [0.3, 0.4) is 0 Å². The van der Waals surface area contributed by atoms with Gasteiger partial charge in [0.25, 0.3) is 5.91 Å². The predicted octanol–water partition coefficient (Wildman–Crippen LogP) is 1.67. The second-order valence-corrected chi connectivity index (χ2v) is 4.55. The maximum absolute atomic E-state index is 12.2. The highest BCUT2D eigenvalue weighted by Gasteiger charge is 2.26. The van der Waals surface area contributed by atoms with E-state index in [4.69, 9.17) is 10.00 Å². The van der Waals surface area contributed by atoms with Gasteiger partial charge in [-0.25, -0.2) is 0 Å². The number of benzene rings is 1. The summed E-state index contributed by atoms with van der Waals surface area (Å²) in [5, 5.41) is 8.71. The molecular formula is C14H16N2O2. The summed E-state index contributed by atoms with van der Waals surface area (Å²) < 4.78 is 5.12. The minimum atomic E-state index is 0.0399. The van der Waals surface area contributed by atoms with E-state index in [0.717, 1.165) is 19.5 Å². The van der Waals surface area contributed by atoms with Gasteiger partial charge in [-0.2, -0.15) is 5.26 Å². The van der Waals surface area contributed by atoms with Crippen molar-refractivity contribution in [3.63, 3.8) is 0 Å². The molecule has 0 N–H and O–H groups in total. The molecular weight excluding hydrogens is 228 g/mol. The van der Waals surface area contributed by atoms with Crippen LogP contribution in [0.4, 0.5) is 0 Å². The average Bonchev–Trinajstić information content (AvgIpc) is 2.87. The van der Waals surface area contributed by atoms with E-state index in [0.29, 0.717) is 23.7 Å². The molecule has 0 spiro atoms. The van der Waals surface area contributed by atoms with Crippen LogP contribution in [-0.4, -0.2) is 37.6 Å². The van der Waals surface area contributed by atoms with Crippen LogP contribution in [-0.2, 0) is 4.74 Å². The van der Waals surface area contributed by atoms with Crippen molar-refractivity contribution < 1.29 is 9.53 Å². The molecule has 1 aromatic rings. The van der Waals surface area contributed by atoms with Crippen molar-refractivity contribution in [3.05, 3.63) is 35.4 Å². The Hall–Kier alpha value is -1.86. The Morgan fingerprint density at radius 2 is 2.22 bits per heavy atom. The molecule has 1 saturated heterocycles. The van der Waals surface area contributed by atoms with Gasteiger partial charge in [0.1, 0.15) is 0 Å². The zero-order valence-electron chi connectivity index (χ0n) is 10.4. The average molecular weight is 244 g/mol. The van der Waals surface area contributed by atoms with Gasteiger partial charge in [-0.15, -0.1) is 0 Å². The molecule has 4 heteroatoms. The number of carbonyl (C=O) groups excluding carboxylic acids is 1. The fraction of sp³-hybridized carbons (Fsp3) is 0.429. The summed E-state index contributed by atoms with van der Waals surface area (Å²) in [7, 11) is 1.69. The minimum absolute atomic E-state index is 0.0399. The molecule has 0 bridgehead atoms. The highest BCUT2D eigenvalue weighted by atomic mass is 16.5. The molecule has 0 aliphatic carbocycles. The van der Waals surface area contributed by atoms with Crippen molar-refractivity contribution in [1.29, 1.82) is 5.26 Å². The van der Waals surface area contributed by atoms with Gasteiger partial charge < -0.3 is 9.64 Å². The Kier molecular flexibility index (Phi) is 3.96. The van der Waals surface area contributed by atoms with Crippen molar-refractivity contribution in [2.24, 2.45) is 5.92 Å². The van der Waals surface area contributed by atoms with Gasteiger partial charge in [0, 0.05) is 31.7 Å². The highest BCUT2D eigenvalue weighted by Crippen LogP contribution is 2.19. The van der Waals surface area contributed by atoms with Crippen LogP contribution >= 0.6 is 0 Å². The normalized spacial score (nSPS) is 18.7. The van der Waals surface area contributed by atoms with E-state index in [2.05, 4.69) is 0 Å². The molecule has 1 atom stereocenters. The van der Waals surface area contributed by atoms with Crippen LogP contribution in [0, 0.1) is 17.2 Å². The highest BCUT2D eigenvalue weighted by molar-refractivity contribution is 5.94. The molecule has 0 saturated carbocycles. The van der Waals surface area contributed by atoms with Gasteiger partial charge in [-0.1, -0.05) is 0 Å². The Morgan fingerprint density at radius 3 is 2.83 bits per heavy atom. The number of nitriles is 1. The van der Waals surface area contributed by atoms with E-state index in [1.54, 1.807) is 31.4 Å². The summed E-state index contributed by atoms with van der Waals surface area (Å²) in [6.45, 7) is 2.25. The molecule has 1 aliphatic rings. The van der Waals surface area contributed by atoms with E-state index in [-0.39, 0.29) is 5.91 Å². The number of ether oxygens (including phenoxy) is 1. The molecule has 2 rings (SSSR count). The lowest BCUT2D eigenvalue weighted by Crippen LogP contribution is -2.29. The zero-order valence-corrected chi connectivity index (χ0v) is 10.4. The largest absolute Gasteiger partial charge is 0.384 e. The maximum atomic E-state index is 12.2. The molecule has 1 aromatic carbocycles. The second kappa shape index (κ2) is 5.65. The van der Waals surface area contributed by atoms with E-state index in [1.165, 1.54) is 0 Å². The summed E-state index contributed by atoms with van der Waals surface area (Å²) >= 11 is 0. The van der Waals surface area contributed by atoms with Gasteiger partial charge >= 0.3 is 0 Å². The lowest BCUT2D eigenvalue weighted by atomic mass is 10.1. The van der Waals surface area contributed by atoms with Crippen LogP contribution in [0.25, 0.3) is 0 Å². The molecule has 1 aliphatic heterocycles. The van der Waals surface area contributed by atoms with E-state index < -0.39 is 0 Å². The summed E-state index contributed by atoms with van der Waals surface area (Å²) in [4.78, 5) is 14.1. The Bertz CT molecular complexity index is 462. The second-order valence-electron chi connectivity index (χ2n) is 4.55. The van der Waals surface area contributed by atoms with Crippen LogP contribution in [0.1, 0.15) is 22.3 Å². The first-order valence-electron chi connectivity index (χ1n) is 6.03. The van der Waals surface area contributed by atoms with Gasteiger partial charge in [-0.05, 0) is 30.7 Å². The van der Waals surface area contributed by atoms with Crippen molar-refractivity contribution in [2.75, 3.05) is 26.8 Å². The number of hydrogen-bond acceptors (Lipinski definition) is 3. The van der Waals surface area contributed by atoms with Crippen molar-refractivity contribution in [3.8, 4) is 6.07 Å². The van der Waals surface area contributed by atoms with Crippen LogP contribution in [0.2, 0.25) is 0 Å². The molecule has 4 nitrogen and oxygen atoms in total. The maximum Gasteiger partial charge on any atom is 0.253 e. The standard InChI is InChI=1S/C14H16N2O2/c1-18-10-12-6-7-16(9-12)14(17)13-4-2-11(8-15)3-5-13/h2-5,12H,6-7,9-10H2,1H3. The number of methoxy groups -OCH3 is 1.